The molecule has 3 aromatic heterocycles. The molecular weight excluding hydrogens is 977 g/mol. The Morgan fingerprint density at radius 2 is 0.700 bits per heavy atom. The molecule has 8 nitrogen and oxygen atoms in total. The van der Waals surface area contributed by atoms with Gasteiger partial charge in [-0.1, -0.05) is 164 Å². The Morgan fingerprint density at radius 3 is 1.14 bits per heavy atom. The maximum absolute atomic E-state index is 10.6. The van der Waals surface area contributed by atoms with E-state index in [2.05, 4.69) is 196 Å². The van der Waals surface area contributed by atoms with Crippen LogP contribution in [0.25, 0.3) is 139 Å². The minimum atomic E-state index is 0.319. The number of hydrogen-bond donors (Lipinski definition) is 0. The van der Waals surface area contributed by atoms with Crippen molar-refractivity contribution >= 4 is 49.3 Å². The van der Waals surface area contributed by atoms with Crippen LogP contribution >= 0.6 is 0 Å². The first-order chi connectivity index (χ1) is 39.5. The van der Waals surface area contributed by atoms with Crippen LogP contribution in [0.1, 0.15) is 11.1 Å². The number of nitriles is 2. The molecule has 0 spiro atoms. The van der Waals surface area contributed by atoms with E-state index in [0.717, 1.165) is 93.8 Å². The van der Waals surface area contributed by atoms with E-state index in [4.69, 9.17) is 21.5 Å². The normalized spacial score (nSPS) is 11.2. The number of hydrogen-bond acceptors (Lipinski definition) is 5. The molecule has 0 N–H and O–H groups in total. The highest BCUT2D eigenvalue weighted by molar-refractivity contribution is 6.13. The van der Waals surface area contributed by atoms with Crippen molar-refractivity contribution in [2.45, 2.75) is 0 Å². The van der Waals surface area contributed by atoms with Crippen molar-refractivity contribution in [3.05, 3.63) is 277 Å². The second-order valence-electron chi connectivity index (χ2n) is 19.7. The van der Waals surface area contributed by atoms with Gasteiger partial charge >= 0.3 is 0 Å². The molecule has 0 aliphatic carbocycles. The fraction of sp³-hybridized carbons (Fsp3) is 0. The lowest BCUT2D eigenvalue weighted by Gasteiger charge is -2.17. The Balaban J connectivity index is 1.03. The van der Waals surface area contributed by atoms with Gasteiger partial charge in [-0.25, -0.2) is 19.8 Å². The van der Waals surface area contributed by atoms with E-state index in [0.29, 0.717) is 56.7 Å². The summed E-state index contributed by atoms with van der Waals surface area (Å²) in [5.41, 5.74) is 17.2. The fourth-order valence-corrected chi connectivity index (χ4v) is 11.2. The second-order valence-corrected chi connectivity index (χ2v) is 19.7. The Kier molecular flexibility index (Phi) is 11.5. The molecule has 14 aromatic rings. The van der Waals surface area contributed by atoms with Gasteiger partial charge in [-0.05, 0) is 136 Å². The molecular formula is C72H42N8. The summed E-state index contributed by atoms with van der Waals surface area (Å²) in [6.45, 7) is 7.98. The summed E-state index contributed by atoms with van der Waals surface area (Å²) in [5.74, 6) is 0.994. The van der Waals surface area contributed by atoms with Crippen LogP contribution in [0.5, 0.6) is 0 Å². The van der Waals surface area contributed by atoms with Gasteiger partial charge in [0, 0.05) is 38.2 Å². The summed E-state index contributed by atoms with van der Waals surface area (Å²) in [6, 6.07) is 91.2. The predicted molar refractivity (Wildman–Crippen MR) is 322 cm³/mol. The average molecular weight is 1020 g/mol. The minimum absolute atomic E-state index is 0.319. The number of aromatic nitrogens is 5. The quantitative estimate of drug-likeness (QED) is 0.134. The maximum atomic E-state index is 10.6. The van der Waals surface area contributed by atoms with Crippen LogP contribution < -0.4 is 0 Å². The molecule has 8 heteroatoms. The summed E-state index contributed by atoms with van der Waals surface area (Å²) in [5, 5.41) is 25.4. The summed E-state index contributed by atoms with van der Waals surface area (Å²) in [7, 11) is 0. The highest BCUT2D eigenvalue weighted by Crippen LogP contribution is 2.43. The standard InChI is InChI=1S/C72H42N8/c1-75-57-24-14-23-56(39-57)70-76-71(58-31-25-47(45-74)38-69(58)80-66-35-29-54(50-19-10-4-11-20-50)42-61(66)62-43-55(30-36-67(62)80)51-21-12-5-13-22-51)78-72(77-70)63-37-46(44-73)26-32-68(63)79-64-33-27-52(48-15-6-2-7-16-48)40-59(64)60-41-53(28-34-65(60)79)49-17-8-3-9-18-49/h2-43H. The molecule has 11 aromatic carbocycles. The van der Waals surface area contributed by atoms with E-state index >= 15 is 0 Å². The monoisotopic (exact) mass is 1020 g/mol. The second kappa shape index (κ2) is 19.6. The van der Waals surface area contributed by atoms with Gasteiger partial charge in [0.2, 0.25) is 0 Å². The van der Waals surface area contributed by atoms with E-state index < -0.39 is 0 Å². The van der Waals surface area contributed by atoms with Crippen LogP contribution in [0, 0.1) is 29.2 Å². The van der Waals surface area contributed by atoms with Crippen LogP contribution in [-0.4, -0.2) is 24.1 Å². The van der Waals surface area contributed by atoms with Crippen molar-refractivity contribution in [2.24, 2.45) is 0 Å². The SMILES string of the molecule is [C-]#[N+]c1cccc(-c2nc(-c3cc(C#N)ccc3-n3c4ccc(-c5ccccc5)cc4c4cc(-c5ccccc5)ccc43)nc(-c3ccc(C#N)cc3-n3c4ccc(-c5ccccc5)cc4c4cc(-c5ccccc5)ccc43)n2)c1. The molecule has 14 rings (SSSR count). The molecule has 0 bridgehead atoms. The number of fused-ring (bicyclic) bond motifs is 6. The number of rotatable bonds is 9. The third-order valence-electron chi connectivity index (χ3n) is 15.0. The Hall–Kier alpha value is -11.5. The van der Waals surface area contributed by atoms with E-state index in [-0.39, 0.29) is 0 Å². The van der Waals surface area contributed by atoms with Gasteiger partial charge in [-0.2, -0.15) is 10.5 Å². The molecule has 80 heavy (non-hydrogen) atoms. The summed E-state index contributed by atoms with van der Waals surface area (Å²) in [6.07, 6.45) is 0. The summed E-state index contributed by atoms with van der Waals surface area (Å²) >= 11 is 0. The zero-order valence-corrected chi connectivity index (χ0v) is 42.8. The Morgan fingerprint density at radius 1 is 0.312 bits per heavy atom. The first-order valence-corrected chi connectivity index (χ1v) is 26.2. The van der Waals surface area contributed by atoms with Crippen molar-refractivity contribution in [3.63, 3.8) is 0 Å². The molecule has 0 saturated heterocycles. The van der Waals surface area contributed by atoms with Gasteiger partial charge in [-0.3, -0.25) is 0 Å². The van der Waals surface area contributed by atoms with Crippen molar-refractivity contribution < 1.29 is 0 Å². The third-order valence-corrected chi connectivity index (χ3v) is 15.0. The molecule has 0 amide bonds. The van der Waals surface area contributed by atoms with Crippen molar-refractivity contribution in [1.29, 1.82) is 10.5 Å². The first-order valence-electron chi connectivity index (χ1n) is 26.2. The van der Waals surface area contributed by atoms with E-state index in [9.17, 15) is 10.5 Å². The maximum Gasteiger partial charge on any atom is 0.187 e. The molecule has 0 aliphatic rings. The highest BCUT2D eigenvalue weighted by atomic mass is 15.1. The summed E-state index contributed by atoms with van der Waals surface area (Å²) in [4.78, 5) is 19.8. The number of benzene rings is 11. The molecule has 0 radical (unpaired) electrons. The molecule has 0 atom stereocenters. The lowest BCUT2D eigenvalue weighted by atomic mass is 10.0. The van der Waals surface area contributed by atoms with Crippen LogP contribution in [0.4, 0.5) is 5.69 Å². The van der Waals surface area contributed by atoms with Crippen LogP contribution in [0.2, 0.25) is 0 Å². The third kappa shape index (κ3) is 8.20. The number of nitrogens with zero attached hydrogens (tertiary/aromatic N) is 8. The van der Waals surface area contributed by atoms with Crippen LogP contribution in [-0.2, 0) is 0 Å². The molecule has 370 valence electrons. The van der Waals surface area contributed by atoms with E-state index in [1.54, 1.807) is 18.2 Å². The first kappa shape index (κ1) is 47.0. The molecule has 0 fully saturated rings. The van der Waals surface area contributed by atoms with Crippen molar-refractivity contribution in [3.8, 4) is 102 Å². The zero-order valence-electron chi connectivity index (χ0n) is 42.8. The Bertz CT molecular complexity index is 4710. The van der Waals surface area contributed by atoms with Gasteiger partial charge in [0.05, 0.1) is 63.3 Å². The van der Waals surface area contributed by atoms with Gasteiger partial charge in [0.25, 0.3) is 0 Å². The lowest BCUT2D eigenvalue weighted by molar-refractivity contribution is 1.06. The molecule has 3 heterocycles. The van der Waals surface area contributed by atoms with Gasteiger partial charge in [0.1, 0.15) is 0 Å². The van der Waals surface area contributed by atoms with Gasteiger partial charge in [0.15, 0.2) is 23.2 Å². The zero-order chi connectivity index (χ0) is 53.7. The van der Waals surface area contributed by atoms with Gasteiger partial charge in [-0.15, -0.1) is 0 Å². The fourth-order valence-electron chi connectivity index (χ4n) is 11.2. The van der Waals surface area contributed by atoms with Crippen LogP contribution in [0.15, 0.2) is 255 Å². The van der Waals surface area contributed by atoms with E-state index in [1.165, 1.54) is 0 Å². The topological polar surface area (TPSA) is 100 Å². The molecule has 0 aliphatic heterocycles. The van der Waals surface area contributed by atoms with Crippen molar-refractivity contribution in [1.82, 2.24) is 24.1 Å². The Labute approximate surface area is 461 Å². The highest BCUT2D eigenvalue weighted by Gasteiger charge is 2.24. The van der Waals surface area contributed by atoms with Crippen LogP contribution in [0.3, 0.4) is 0 Å². The smallest absolute Gasteiger partial charge is 0.187 e. The lowest BCUT2D eigenvalue weighted by Crippen LogP contribution is -2.06. The van der Waals surface area contributed by atoms with Crippen molar-refractivity contribution in [2.75, 3.05) is 0 Å². The summed E-state index contributed by atoms with van der Waals surface area (Å²) < 4.78 is 4.45. The largest absolute Gasteiger partial charge is 0.308 e. The average Bonchev–Trinajstić information content (AvgIpc) is 4.17. The van der Waals surface area contributed by atoms with Gasteiger partial charge < -0.3 is 9.13 Å². The molecule has 0 unspecified atom stereocenters. The van der Waals surface area contributed by atoms with E-state index in [1.807, 2.05) is 66.7 Å². The predicted octanol–water partition coefficient (Wildman–Crippen LogP) is 18.0. The molecule has 0 saturated carbocycles. The minimum Gasteiger partial charge on any atom is -0.308 e.